The van der Waals surface area contributed by atoms with Crippen LogP contribution in [0.2, 0.25) is 0 Å². The van der Waals surface area contributed by atoms with Gasteiger partial charge in [-0.2, -0.15) is 0 Å². The summed E-state index contributed by atoms with van der Waals surface area (Å²) in [7, 11) is 0. The van der Waals surface area contributed by atoms with Crippen LogP contribution in [0.5, 0.6) is 0 Å². The monoisotopic (exact) mass is 236 g/mol. The lowest BCUT2D eigenvalue weighted by molar-refractivity contribution is 0.573. The largest absolute Gasteiger partial charge is 0.371 e. The van der Waals surface area contributed by atoms with Crippen molar-refractivity contribution < 1.29 is 4.39 Å². The van der Waals surface area contributed by atoms with Crippen molar-refractivity contribution in [3.8, 4) is 0 Å². The second-order valence-electron chi connectivity index (χ2n) is 4.65. The van der Waals surface area contributed by atoms with E-state index in [0.717, 1.165) is 37.4 Å². The number of hydrogen-bond acceptors (Lipinski definition) is 2. The molecule has 1 heterocycles. The second-order valence-corrected chi connectivity index (χ2v) is 4.65. The molecule has 0 saturated carbocycles. The number of rotatable bonds is 4. The molecule has 3 heteroatoms. The summed E-state index contributed by atoms with van der Waals surface area (Å²) >= 11 is 0. The van der Waals surface area contributed by atoms with Crippen LogP contribution in [0.4, 0.5) is 10.1 Å². The summed E-state index contributed by atoms with van der Waals surface area (Å²) in [5, 5.41) is 3.24. The lowest BCUT2D eigenvalue weighted by Gasteiger charge is -2.29. The highest BCUT2D eigenvalue weighted by molar-refractivity contribution is 5.49. The Hall–Kier alpha value is -1.09. The molecule has 1 fully saturated rings. The van der Waals surface area contributed by atoms with Gasteiger partial charge in [-0.3, -0.25) is 0 Å². The van der Waals surface area contributed by atoms with Crippen molar-refractivity contribution in [2.24, 2.45) is 0 Å². The Balaban J connectivity index is 2.12. The van der Waals surface area contributed by atoms with Crippen molar-refractivity contribution >= 4 is 5.69 Å². The zero-order chi connectivity index (χ0) is 12.1. The van der Waals surface area contributed by atoms with Crippen molar-refractivity contribution in [1.82, 2.24) is 5.32 Å². The Bertz CT molecular complexity index is 359. The van der Waals surface area contributed by atoms with E-state index in [2.05, 4.69) is 23.2 Å². The SMILES string of the molecule is CCNCc1cc(F)cc(N2CCCCC2)c1. The second kappa shape index (κ2) is 6.01. The first-order valence-electron chi connectivity index (χ1n) is 6.54. The van der Waals surface area contributed by atoms with Gasteiger partial charge in [-0.1, -0.05) is 6.92 Å². The van der Waals surface area contributed by atoms with Gasteiger partial charge in [0.05, 0.1) is 0 Å². The minimum Gasteiger partial charge on any atom is -0.371 e. The number of halogens is 1. The van der Waals surface area contributed by atoms with Crippen LogP contribution in [0.15, 0.2) is 18.2 Å². The molecular formula is C14H21FN2. The minimum absolute atomic E-state index is 0.124. The summed E-state index contributed by atoms with van der Waals surface area (Å²) in [6, 6.07) is 5.38. The summed E-state index contributed by atoms with van der Waals surface area (Å²) in [6.45, 7) is 5.84. The van der Waals surface area contributed by atoms with E-state index in [1.165, 1.54) is 19.3 Å². The standard InChI is InChI=1S/C14H21FN2/c1-2-16-11-12-8-13(15)10-14(9-12)17-6-4-3-5-7-17/h8-10,16H,2-7,11H2,1H3. The number of nitrogens with zero attached hydrogens (tertiary/aromatic N) is 1. The van der Waals surface area contributed by atoms with E-state index in [4.69, 9.17) is 0 Å². The Kier molecular flexibility index (Phi) is 4.37. The number of nitrogens with one attached hydrogen (secondary N) is 1. The molecule has 2 nitrogen and oxygen atoms in total. The van der Waals surface area contributed by atoms with Gasteiger partial charge in [-0.05, 0) is 49.6 Å². The zero-order valence-corrected chi connectivity index (χ0v) is 10.5. The van der Waals surface area contributed by atoms with Gasteiger partial charge in [-0.15, -0.1) is 0 Å². The molecule has 1 aromatic rings. The average molecular weight is 236 g/mol. The fourth-order valence-corrected chi connectivity index (χ4v) is 2.34. The predicted molar refractivity (Wildman–Crippen MR) is 69.8 cm³/mol. The van der Waals surface area contributed by atoms with E-state index in [-0.39, 0.29) is 5.82 Å². The third-order valence-corrected chi connectivity index (χ3v) is 3.24. The van der Waals surface area contributed by atoms with Crippen LogP contribution in [0.25, 0.3) is 0 Å². The van der Waals surface area contributed by atoms with Crippen molar-refractivity contribution in [2.45, 2.75) is 32.7 Å². The maximum absolute atomic E-state index is 13.6. The van der Waals surface area contributed by atoms with Gasteiger partial charge in [0.25, 0.3) is 0 Å². The molecule has 0 aromatic heterocycles. The molecule has 1 aliphatic rings. The van der Waals surface area contributed by atoms with Crippen LogP contribution in [0.3, 0.4) is 0 Å². The van der Waals surface area contributed by atoms with Gasteiger partial charge in [-0.25, -0.2) is 4.39 Å². The molecule has 0 bridgehead atoms. The highest BCUT2D eigenvalue weighted by Gasteiger charge is 2.12. The average Bonchev–Trinajstić information content (AvgIpc) is 2.37. The Labute approximate surface area is 103 Å². The molecule has 0 aliphatic carbocycles. The van der Waals surface area contributed by atoms with Crippen LogP contribution in [0.1, 0.15) is 31.7 Å². The van der Waals surface area contributed by atoms with E-state index < -0.39 is 0 Å². The summed E-state index contributed by atoms with van der Waals surface area (Å²) in [4.78, 5) is 2.29. The molecule has 1 aliphatic heterocycles. The molecule has 0 atom stereocenters. The van der Waals surface area contributed by atoms with Crippen molar-refractivity contribution in [2.75, 3.05) is 24.5 Å². The highest BCUT2D eigenvalue weighted by atomic mass is 19.1. The smallest absolute Gasteiger partial charge is 0.125 e. The lowest BCUT2D eigenvalue weighted by Crippen LogP contribution is -2.29. The third-order valence-electron chi connectivity index (χ3n) is 3.24. The van der Waals surface area contributed by atoms with Crippen LogP contribution in [0, 0.1) is 5.82 Å². The first-order valence-corrected chi connectivity index (χ1v) is 6.54. The molecule has 0 amide bonds. The number of anilines is 1. The molecule has 17 heavy (non-hydrogen) atoms. The van der Waals surface area contributed by atoms with Crippen LogP contribution >= 0.6 is 0 Å². The normalized spacial score (nSPS) is 16.2. The first-order chi connectivity index (χ1) is 8.29. The molecule has 0 spiro atoms. The highest BCUT2D eigenvalue weighted by Crippen LogP contribution is 2.22. The van der Waals surface area contributed by atoms with E-state index >= 15 is 0 Å². The molecular weight excluding hydrogens is 215 g/mol. The first kappa shape index (κ1) is 12.4. The molecule has 1 N–H and O–H groups in total. The Morgan fingerprint density at radius 2 is 1.94 bits per heavy atom. The maximum Gasteiger partial charge on any atom is 0.125 e. The molecule has 1 saturated heterocycles. The molecule has 94 valence electrons. The lowest BCUT2D eigenvalue weighted by atomic mass is 10.1. The van der Waals surface area contributed by atoms with Gasteiger partial charge in [0.2, 0.25) is 0 Å². The van der Waals surface area contributed by atoms with Crippen molar-refractivity contribution in [3.05, 3.63) is 29.6 Å². The van der Waals surface area contributed by atoms with Gasteiger partial charge >= 0.3 is 0 Å². The van der Waals surface area contributed by atoms with Gasteiger partial charge in [0, 0.05) is 25.3 Å². The Morgan fingerprint density at radius 3 is 2.65 bits per heavy atom. The van der Waals surface area contributed by atoms with Crippen LogP contribution in [-0.4, -0.2) is 19.6 Å². The van der Waals surface area contributed by atoms with Gasteiger partial charge < -0.3 is 10.2 Å². The van der Waals surface area contributed by atoms with Gasteiger partial charge in [0.15, 0.2) is 0 Å². The summed E-state index contributed by atoms with van der Waals surface area (Å²) in [6.07, 6.45) is 3.74. The molecule has 0 radical (unpaired) electrons. The number of hydrogen-bond donors (Lipinski definition) is 1. The fraction of sp³-hybridized carbons (Fsp3) is 0.571. The van der Waals surface area contributed by atoms with E-state index in [1.807, 2.05) is 0 Å². The predicted octanol–water partition coefficient (Wildman–Crippen LogP) is 2.93. The summed E-state index contributed by atoms with van der Waals surface area (Å²) < 4.78 is 13.6. The summed E-state index contributed by atoms with van der Waals surface area (Å²) in [5.41, 5.74) is 2.07. The zero-order valence-electron chi connectivity index (χ0n) is 10.5. The maximum atomic E-state index is 13.6. The van der Waals surface area contributed by atoms with Gasteiger partial charge in [0.1, 0.15) is 5.82 Å². The third kappa shape index (κ3) is 3.43. The Morgan fingerprint density at radius 1 is 1.18 bits per heavy atom. The van der Waals surface area contributed by atoms with Crippen LogP contribution in [-0.2, 0) is 6.54 Å². The quantitative estimate of drug-likeness (QED) is 0.864. The van der Waals surface area contributed by atoms with Crippen molar-refractivity contribution in [1.29, 1.82) is 0 Å². The molecule has 0 unspecified atom stereocenters. The minimum atomic E-state index is -0.124. The molecule has 1 aromatic carbocycles. The van der Waals surface area contributed by atoms with Crippen molar-refractivity contribution in [3.63, 3.8) is 0 Å². The fourth-order valence-electron chi connectivity index (χ4n) is 2.34. The van der Waals surface area contributed by atoms with E-state index in [0.29, 0.717) is 0 Å². The molecule has 2 rings (SSSR count). The van der Waals surface area contributed by atoms with Crippen LogP contribution < -0.4 is 10.2 Å². The topological polar surface area (TPSA) is 15.3 Å². The summed E-state index contributed by atoms with van der Waals surface area (Å²) in [5.74, 6) is -0.124. The number of piperidine rings is 1. The van der Waals surface area contributed by atoms with E-state index in [9.17, 15) is 4.39 Å². The number of benzene rings is 1. The van der Waals surface area contributed by atoms with E-state index in [1.54, 1.807) is 12.1 Å².